The highest BCUT2D eigenvalue weighted by molar-refractivity contribution is 5.95. The molecule has 2 aromatic rings. The molecule has 194 valence electrons. The quantitative estimate of drug-likeness (QED) is 0.588. The fourth-order valence-electron chi connectivity index (χ4n) is 5.31. The molecule has 1 saturated heterocycles. The normalized spacial score (nSPS) is 17.5. The molecule has 3 heterocycles. The Morgan fingerprint density at radius 2 is 1.81 bits per heavy atom. The van der Waals surface area contributed by atoms with Gasteiger partial charge in [0.05, 0.1) is 19.4 Å². The van der Waals surface area contributed by atoms with Crippen LogP contribution in [0.4, 0.5) is 0 Å². The Kier molecular flexibility index (Phi) is 7.96. The average molecular weight is 496 g/mol. The molecule has 9 heteroatoms. The molecule has 36 heavy (non-hydrogen) atoms. The number of amides is 3. The zero-order chi connectivity index (χ0) is 25.8. The van der Waals surface area contributed by atoms with Crippen LogP contribution in [0.1, 0.15) is 54.0 Å². The first-order valence-corrected chi connectivity index (χ1v) is 12.9. The number of hydrogen-bond donors (Lipinski definition) is 0. The minimum atomic E-state index is -0.176. The molecular formula is C27H37N5O4. The van der Waals surface area contributed by atoms with Crippen molar-refractivity contribution in [2.75, 3.05) is 39.8 Å². The van der Waals surface area contributed by atoms with Gasteiger partial charge in [-0.1, -0.05) is 12.1 Å². The van der Waals surface area contributed by atoms with E-state index in [1.54, 1.807) is 16.7 Å². The van der Waals surface area contributed by atoms with Gasteiger partial charge in [-0.3, -0.25) is 19.1 Å². The van der Waals surface area contributed by atoms with E-state index >= 15 is 0 Å². The number of aryl methyl sites for hydroxylation is 1. The molecule has 0 bridgehead atoms. The molecule has 3 amide bonds. The van der Waals surface area contributed by atoms with Crippen molar-refractivity contribution in [2.45, 2.75) is 46.1 Å². The number of aromatic nitrogens is 2. The van der Waals surface area contributed by atoms with Crippen molar-refractivity contribution in [2.24, 2.45) is 13.0 Å². The predicted molar refractivity (Wildman–Crippen MR) is 136 cm³/mol. The van der Waals surface area contributed by atoms with Crippen molar-refractivity contribution < 1.29 is 19.1 Å². The van der Waals surface area contributed by atoms with Crippen LogP contribution in [0, 0.1) is 5.92 Å². The molecule has 0 aliphatic carbocycles. The van der Waals surface area contributed by atoms with Crippen molar-refractivity contribution in [1.82, 2.24) is 24.5 Å². The second kappa shape index (κ2) is 11.1. The third-order valence-electron chi connectivity index (χ3n) is 7.44. The monoisotopic (exact) mass is 495 g/mol. The number of methoxy groups -OCH3 is 1. The van der Waals surface area contributed by atoms with Crippen LogP contribution in [0.25, 0.3) is 0 Å². The van der Waals surface area contributed by atoms with Gasteiger partial charge in [0, 0.05) is 64.0 Å². The topological polar surface area (TPSA) is 88.0 Å². The lowest BCUT2D eigenvalue weighted by Crippen LogP contribution is -2.47. The van der Waals surface area contributed by atoms with E-state index < -0.39 is 0 Å². The van der Waals surface area contributed by atoms with Crippen molar-refractivity contribution >= 4 is 17.7 Å². The van der Waals surface area contributed by atoms with E-state index in [0.717, 1.165) is 35.4 Å². The molecule has 0 saturated carbocycles. The Balaban J connectivity index is 1.47. The first-order valence-electron chi connectivity index (χ1n) is 12.9. The summed E-state index contributed by atoms with van der Waals surface area (Å²) in [6, 6.07) is 7.51. The van der Waals surface area contributed by atoms with Crippen LogP contribution in [-0.2, 0) is 36.0 Å². The number of carbonyl (C=O) groups is 3. The molecule has 0 N–H and O–H groups in total. The second-order valence-electron chi connectivity index (χ2n) is 9.59. The van der Waals surface area contributed by atoms with E-state index in [4.69, 9.17) is 4.74 Å². The highest BCUT2D eigenvalue weighted by atomic mass is 16.5. The molecule has 1 aromatic carbocycles. The molecule has 9 nitrogen and oxygen atoms in total. The van der Waals surface area contributed by atoms with Crippen LogP contribution < -0.4 is 4.74 Å². The Morgan fingerprint density at radius 1 is 1.08 bits per heavy atom. The van der Waals surface area contributed by atoms with E-state index in [1.807, 2.05) is 55.0 Å². The first kappa shape index (κ1) is 25.7. The molecule has 2 aliphatic heterocycles. The van der Waals surface area contributed by atoms with Crippen molar-refractivity contribution in [3.8, 4) is 5.75 Å². The molecule has 2 aliphatic rings. The summed E-state index contributed by atoms with van der Waals surface area (Å²) in [6.45, 7) is 7.31. The zero-order valence-electron chi connectivity index (χ0n) is 21.8. The van der Waals surface area contributed by atoms with Crippen molar-refractivity contribution in [3.05, 3.63) is 46.8 Å². The number of hydrogen-bond acceptors (Lipinski definition) is 5. The minimum absolute atomic E-state index is 0.0240. The highest BCUT2D eigenvalue weighted by Gasteiger charge is 2.35. The third-order valence-corrected chi connectivity index (χ3v) is 7.44. The third kappa shape index (κ3) is 5.24. The Morgan fingerprint density at radius 3 is 2.47 bits per heavy atom. The number of fused-ring (bicyclic) bond motifs is 1. The van der Waals surface area contributed by atoms with Gasteiger partial charge >= 0.3 is 0 Å². The zero-order valence-corrected chi connectivity index (χ0v) is 21.8. The molecule has 0 spiro atoms. The molecule has 1 fully saturated rings. The summed E-state index contributed by atoms with van der Waals surface area (Å²) in [4.78, 5) is 45.0. The summed E-state index contributed by atoms with van der Waals surface area (Å²) in [6.07, 6.45) is 2.55. The summed E-state index contributed by atoms with van der Waals surface area (Å²) in [5.74, 6) is 0.580. The lowest BCUT2D eigenvalue weighted by molar-refractivity contribution is -0.136. The van der Waals surface area contributed by atoms with Gasteiger partial charge in [-0.2, -0.15) is 5.10 Å². The van der Waals surface area contributed by atoms with Crippen LogP contribution in [0.5, 0.6) is 5.75 Å². The Bertz CT molecular complexity index is 1110. The number of benzene rings is 1. The number of carbonyl (C=O) groups excluding carboxylic acids is 3. The van der Waals surface area contributed by atoms with Crippen LogP contribution in [0.2, 0.25) is 0 Å². The highest BCUT2D eigenvalue weighted by Crippen LogP contribution is 2.26. The molecule has 1 unspecified atom stereocenters. The van der Waals surface area contributed by atoms with Crippen LogP contribution >= 0.6 is 0 Å². The maximum absolute atomic E-state index is 13.6. The van der Waals surface area contributed by atoms with E-state index in [9.17, 15) is 14.4 Å². The molecule has 1 atom stereocenters. The SMILES string of the molecule is CCN(CC)C(=O)C1CCCN(C(=O)c2nn(C)c3c2CN(C(=O)Cc2ccc(OC)cc2)CC3)C1. The number of ether oxygens (including phenoxy) is 1. The smallest absolute Gasteiger partial charge is 0.274 e. The first-order chi connectivity index (χ1) is 17.4. The van der Waals surface area contributed by atoms with Crippen LogP contribution in [-0.4, -0.2) is 82.0 Å². The number of rotatable bonds is 7. The largest absolute Gasteiger partial charge is 0.497 e. The Hall–Kier alpha value is -3.36. The van der Waals surface area contributed by atoms with Gasteiger partial charge in [0.15, 0.2) is 5.69 Å². The van der Waals surface area contributed by atoms with Crippen molar-refractivity contribution in [3.63, 3.8) is 0 Å². The van der Waals surface area contributed by atoms with Crippen molar-refractivity contribution in [1.29, 1.82) is 0 Å². The standard InChI is InChI=1S/C27H37N5O4/c1-5-30(6-2)26(34)20-8-7-14-32(17-20)27(35)25-22-18-31(15-13-23(22)29(3)28-25)24(33)16-19-9-11-21(36-4)12-10-19/h9-12,20H,5-8,13-18H2,1-4H3. The number of nitrogens with zero attached hydrogens (tertiary/aromatic N) is 5. The lowest BCUT2D eigenvalue weighted by Gasteiger charge is -2.34. The van der Waals surface area contributed by atoms with Gasteiger partial charge in [0.2, 0.25) is 11.8 Å². The van der Waals surface area contributed by atoms with Gasteiger partial charge < -0.3 is 19.4 Å². The fourth-order valence-corrected chi connectivity index (χ4v) is 5.31. The molecular weight excluding hydrogens is 458 g/mol. The van der Waals surface area contributed by atoms with E-state index in [-0.39, 0.29) is 23.6 Å². The molecule has 1 aromatic heterocycles. The Labute approximate surface area is 213 Å². The van der Waals surface area contributed by atoms with E-state index in [1.165, 1.54) is 0 Å². The maximum atomic E-state index is 13.6. The second-order valence-corrected chi connectivity index (χ2v) is 9.59. The van der Waals surface area contributed by atoms with Gasteiger partial charge in [-0.15, -0.1) is 0 Å². The van der Waals surface area contributed by atoms with E-state index in [2.05, 4.69) is 5.10 Å². The van der Waals surface area contributed by atoms with Gasteiger partial charge in [-0.25, -0.2) is 0 Å². The predicted octanol–water partition coefficient (Wildman–Crippen LogP) is 2.28. The summed E-state index contributed by atoms with van der Waals surface area (Å²) in [5, 5.41) is 4.58. The summed E-state index contributed by atoms with van der Waals surface area (Å²) in [7, 11) is 3.47. The summed E-state index contributed by atoms with van der Waals surface area (Å²) < 4.78 is 6.97. The average Bonchev–Trinajstić information content (AvgIpc) is 3.25. The lowest BCUT2D eigenvalue weighted by atomic mass is 9.95. The molecule has 0 radical (unpaired) electrons. The van der Waals surface area contributed by atoms with Crippen LogP contribution in [0.3, 0.4) is 0 Å². The van der Waals surface area contributed by atoms with Gasteiger partial charge in [-0.05, 0) is 44.4 Å². The minimum Gasteiger partial charge on any atom is -0.497 e. The van der Waals surface area contributed by atoms with Gasteiger partial charge in [0.25, 0.3) is 5.91 Å². The number of likely N-dealkylation sites (tertiary alicyclic amines) is 1. The summed E-state index contributed by atoms with van der Waals surface area (Å²) >= 11 is 0. The maximum Gasteiger partial charge on any atom is 0.274 e. The fraction of sp³-hybridized carbons (Fsp3) is 0.556. The van der Waals surface area contributed by atoms with Gasteiger partial charge in [0.1, 0.15) is 5.75 Å². The number of piperidine rings is 1. The molecule has 4 rings (SSSR count). The van der Waals surface area contributed by atoms with E-state index in [0.29, 0.717) is 57.8 Å². The summed E-state index contributed by atoms with van der Waals surface area (Å²) in [5.41, 5.74) is 3.16. The van der Waals surface area contributed by atoms with Crippen LogP contribution in [0.15, 0.2) is 24.3 Å².